The van der Waals surface area contributed by atoms with Crippen molar-refractivity contribution in [3.63, 3.8) is 0 Å². The van der Waals surface area contributed by atoms with E-state index >= 15 is 0 Å². The molecule has 0 radical (unpaired) electrons. The van der Waals surface area contributed by atoms with E-state index in [-0.39, 0.29) is 24.1 Å². The third-order valence-electron chi connectivity index (χ3n) is 2.78. The maximum Gasteiger partial charge on any atom is 0.316 e. The van der Waals surface area contributed by atoms with Crippen molar-refractivity contribution in [2.75, 3.05) is 0 Å². The maximum absolute atomic E-state index is 11.8. The fraction of sp³-hybridized carbons (Fsp3) is 0.462. The standard InChI is InChI=1S/C13H18O4/c1-4-13(2,3)12(16)17-11-6-9(8-14)5-10(15)7-11/h5-7,14-15H,4,8H2,1-3H3. The highest BCUT2D eigenvalue weighted by Gasteiger charge is 2.27. The quantitative estimate of drug-likeness (QED) is 0.623. The summed E-state index contributed by atoms with van der Waals surface area (Å²) >= 11 is 0. The van der Waals surface area contributed by atoms with E-state index < -0.39 is 5.41 Å². The summed E-state index contributed by atoms with van der Waals surface area (Å²) in [5.74, 6) is -0.135. The number of aliphatic hydroxyl groups is 1. The van der Waals surface area contributed by atoms with Crippen LogP contribution in [0.15, 0.2) is 18.2 Å². The van der Waals surface area contributed by atoms with Crippen molar-refractivity contribution in [1.82, 2.24) is 0 Å². The number of hydrogen-bond donors (Lipinski definition) is 2. The first kappa shape index (κ1) is 13.5. The second-order valence-corrected chi connectivity index (χ2v) is 4.62. The number of aliphatic hydroxyl groups excluding tert-OH is 1. The highest BCUT2D eigenvalue weighted by molar-refractivity contribution is 5.78. The van der Waals surface area contributed by atoms with Gasteiger partial charge in [-0.05, 0) is 38.0 Å². The zero-order valence-electron chi connectivity index (χ0n) is 10.4. The lowest BCUT2D eigenvalue weighted by molar-refractivity contribution is -0.144. The molecule has 0 saturated carbocycles. The summed E-state index contributed by atoms with van der Waals surface area (Å²) in [5, 5.41) is 18.4. The third kappa shape index (κ3) is 3.46. The molecule has 1 rings (SSSR count). The Bertz CT molecular complexity index is 410. The summed E-state index contributed by atoms with van der Waals surface area (Å²) in [7, 11) is 0. The lowest BCUT2D eigenvalue weighted by Crippen LogP contribution is -2.28. The molecule has 0 heterocycles. The van der Waals surface area contributed by atoms with E-state index in [1.54, 1.807) is 13.8 Å². The Balaban J connectivity index is 2.88. The summed E-state index contributed by atoms with van der Waals surface area (Å²) in [6.45, 7) is 5.29. The molecular weight excluding hydrogens is 220 g/mol. The molecule has 0 aliphatic carbocycles. The minimum atomic E-state index is -0.565. The van der Waals surface area contributed by atoms with Crippen LogP contribution in [0.2, 0.25) is 0 Å². The van der Waals surface area contributed by atoms with Crippen LogP contribution in [0.3, 0.4) is 0 Å². The molecule has 0 atom stereocenters. The van der Waals surface area contributed by atoms with Crippen LogP contribution in [0.4, 0.5) is 0 Å². The molecular formula is C13H18O4. The molecule has 1 aromatic carbocycles. The van der Waals surface area contributed by atoms with Gasteiger partial charge in [0.25, 0.3) is 0 Å². The molecule has 0 amide bonds. The molecule has 2 N–H and O–H groups in total. The Morgan fingerprint density at radius 1 is 1.35 bits per heavy atom. The van der Waals surface area contributed by atoms with Crippen LogP contribution >= 0.6 is 0 Å². The van der Waals surface area contributed by atoms with Crippen molar-refractivity contribution >= 4 is 5.97 Å². The number of carbonyl (C=O) groups excluding carboxylic acids is 1. The highest BCUT2D eigenvalue weighted by Crippen LogP contribution is 2.26. The molecule has 4 nitrogen and oxygen atoms in total. The number of benzene rings is 1. The van der Waals surface area contributed by atoms with E-state index in [0.717, 1.165) is 0 Å². The maximum atomic E-state index is 11.8. The largest absolute Gasteiger partial charge is 0.508 e. The SMILES string of the molecule is CCC(C)(C)C(=O)Oc1cc(O)cc(CO)c1. The third-order valence-corrected chi connectivity index (χ3v) is 2.78. The van der Waals surface area contributed by atoms with Gasteiger partial charge in [-0.3, -0.25) is 4.79 Å². The van der Waals surface area contributed by atoms with E-state index in [4.69, 9.17) is 9.84 Å². The Morgan fingerprint density at radius 2 is 2.00 bits per heavy atom. The number of ether oxygens (including phenoxy) is 1. The molecule has 0 saturated heterocycles. The molecule has 0 spiro atoms. The molecule has 94 valence electrons. The van der Waals surface area contributed by atoms with Gasteiger partial charge in [-0.25, -0.2) is 0 Å². The van der Waals surface area contributed by atoms with Crippen molar-refractivity contribution in [3.8, 4) is 11.5 Å². The van der Waals surface area contributed by atoms with E-state index in [9.17, 15) is 9.90 Å². The normalized spacial score (nSPS) is 11.3. The van der Waals surface area contributed by atoms with Gasteiger partial charge in [-0.2, -0.15) is 0 Å². The van der Waals surface area contributed by atoms with Gasteiger partial charge in [0.15, 0.2) is 0 Å². The molecule has 0 unspecified atom stereocenters. The van der Waals surface area contributed by atoms with Crippen molar-refractivity contribution in [2.24, 2.45) is 5.41 Å². The first-order valence-corrected chi connectivity index (χ1v) is 5.55. The van der Waals surface area contributed by atoms with Crippen LogP contribution in [0.25, 0.3) is 0 Å². The van der Waals surface area contributed by atoms with Gasteiger partial charge < -0.3 is 14.9 Å². The van der Waals surface area contributed by atoms with Crippen LogP contribution in [-0.2, 0) is 11.4 Å². The van der Waals surface area contributed by atoms with Gasteiger partial charge in [0.1, 0.15) is 11.5 Å². The Hall–Kier alpha value is -1.55. The van der Waals surface area contributed by atoms with Crippen LogP contribution in [0.5, 0.6) is 11.5 Å². The summed E-state index contributed by atoms with van der Waals surface area (Å²) in [5.41, 5.74) is -0.0627. The van der Waals surface area contributed by atoms with Gasteiger partial charge >= 0.3 is 5.97 Å². The summed E-state index contributed by atoms with van der Waals surface area (Å²) in [6, 6.07) is 4.30. The van der Waals surface area contributed by atoms with Gasteiger partial charge in [-0.15, -0.1) is 0 Å². The molecule has 0 fully saturated rings. The zero-order chi connectivity index (χ0) is 13.1. The van der Waals surface area contributed by atoms with E-state index in [1.807, 2.05) is 6.92 Å². The van der Waals surface area contributed by atoms with Crippen LogP contribution in [0, 0.1) is 5.41 Å². The Labute approximate surface area is 101 Å². The monoisotopic (exact) mass is 238 g/mol. The molecule has 1 aromatic rings. The fourth-order valence-electron chi connectivity index (χ4n) is 1.18. The molecule has 0 bridgehead atoms. The zero-order valence-corrected chi connectivity index (χ0v) is 10.4. The van der Waals surface area contributed by atoms with E-state index in [1.165, 1.54) is 18.2 Å². The van der Waals surface area contributed by atoms with Gasteiger partial charge in [0.2, 0.25) is 0 Å². The van der Waals surface area contributed by atoms with Gasteiger partial charge in [-0.1, -0.05) is 6.92 Å². The molecule has 4 heteroatoms. The lowest BCUT2D eigenvalue weighted by atomic mass is 9.91. The van der Waals surface area contributed by atoms with Crippen molar-refractivity contribution < 1.29 is 19.7 Å². The average molecular weight is 238 g/mol. The van der Waals surface area contributed by atoms with Crippen LogP contribution in [0.1, 0.15) is 32.8 Å². The number of aromatic hydroxyl groups is 1. The lowest BCUT2D eigenvalue weighted by Gasteiger charge is -2.20. The fourth-order valence-corrected chi connectivity index (χ4v) is 1.18. The molecule has 0 aromatic heterocycles. The van der Waals surface area contributed by atoms with Crippen LogP contribution < -0.4 is 4.74 Å². The smallest absolute Gasteiger partial charge is 0.316 e. The molecule has 17 heavy (non-hydrogen) atoms. The minimum absolute atomic E-state index is 0.0337. The summed E-state index contributed by atoms with van der Waals surface area (Å²) in [6.07, 6.45) is 0.664. The first-order valence-electron chi connectivity index (χ1n) is 5.55. The van der Waals surface area contributed by atoms with Crippen molar-refractivity contribution in [2.45, 2.75) is 33.8 Å². The minimum Gasteiger partial charge on any atom is -0.508 e. The second kappa shape index (κ2) is 5.19. The number of carbonyl (C=O) groups is 1. The number of phenolic OH excluding ortho intramolecular Hbond substituents is 1. The number of esters is 1. The topological polar surface area (TPSA) is 66.8 Å². The Kier molecular flexibility index (Phi) is 4.12. The predicted molar refractivity (Wildman–Crippen MR) is 63.7 cm³/mol. The molecule has 0 aliphatic heterocycles. The predicted octanol–water partition coefficient (Wildman–Crippen LogP) is 2.23. The Morgan fingerprint density at radius 3 is 2.53 bits per heavy atom. The first-order chi connectivity index (χ1) is 7.89. The molecule has 0 aliphatic rings. The number of hydrogen-bond acceptors (Lipinski definition) is 4. The number of phenols is 1. The summed E-state index contributed by atoms with van der Waals surface area (Å²) in [4.78, 5) is 11.8. The average Bonchev–Trinajstić information content (AvgIpc) is 2.28. The van der Waals surface area contributed by atoms with Gasteiger partial charge in [0, 0.05) is 6.07 Å². The second-order valence-electron chi connectivity index (χ2n) is 4.62. The number of rotatable bonds is 4. The highest BCUT2D eigenvalue weighted by atomic mass is 16.5. The van der Waals surface area contributed by atoms with Crippen LogP contribution in [-0.4, -0.2) is 16.2 Å². The van der Waals surface area contributed by atoms with Crippen molar-refractivity contribution in [1.29, 1.82) is 0 Å². The van der Waals surface area contributed by atoms with Crippen molar-refractivity contribution in [3.05, 3.63) is 23.8 Å². The summed E-state index contributed by atoms with van der Waals surface area (Å²) < 4.78 is 5.18. The van der Waals surface area contributed by atoms with E-state index in [0.29, 0.717) is 12.0 Å². The van der Waals surface area contributed by atoms with E-state index in [2.05, 4.69) is 0 Å². The van der Waals surface area contributed by atoms with Gasteiger partial charge in [0.05, 0.1) is 12.0 Å².